The zero-order chi connectivity index (χ0) is 7.40. The first-order valence-electron chi connectivity index (χ1n) is 2.73. The minimum absolute atomic E-state index is 0.353. The Hall–Kier alpha value is -0.791. The number of carboxylic acid groups (broad SMARTS) is 1. The maximum atomic E-state index is 10.0. The fraction of sp³-hybridized carbons (Fsp3) is 0. The van der Waals surface area contributed by atoms with Crippen LogP contribution in [0.4, 0.5) is 0 Å². The summed E-state index contributed by atoms with van der Waals surface area (Å²) in [5.41, 5.74) is 0. The van der Waals surface area contributed by atoms with Crippen LogP contribution in [-0.4, -0.2) is 25.6 Å². The van der Waals surface area contributed by atoms with E-state index >= 15 is 0 Å². The van der Waals surface area contributed by atoms with E-state index < -0.39 is 5.97 Å². The fourth-order valence-corrected chi connectivity index (χ4v) is 1.84. The summed E-state index contributed by atoms with van der Waals surface area (Å²) in [5.74, 6) is -0.886. The van der Waals surface area contributed by atoms with Gasteiger partial charge < -0.3 is 0 Å². The van der Waals surface area contributed by atoms with Gasteiger partial charge in [0.1, 0.15) is 0 Å². The number of carbonyl (C=O) groups is 1. The second-order valence-corrected chi connectivity index (χ2v) is 3.74. The van der Waals surface area contributed by atoms with Gasteiger partial charge in [-0.15, -0.1) is 0 Å². The molecule has 0 amide bonds. The van der Waals surface area contributed by atoms with Gasteiger partial charge in [0, 0.05) is 0 Å². The molecule has 0 aliphatic rings. The van der Waals surface area contributed by atoms with E-state index in [-0.39, 0.29) is 0 Å². The third-order valence-electron chi connectivity index (χ3n) is 0.933. The molecule has 1 aromatic rings. The molecule has 0 radical (unpaired) electrons. The Kier molecular flexibility index (Phi) is 2.49. The molecule has 0 fully saturated rings. The van der Waals surface area contributed by atoms with Gasteiger partial charge >= 0.3 is 64.0 Å². The normalized spacial score (nSPS) is 10.4. The first-order chi connectivity index (χ1) is 4.79. The Bertz CT molecular complexity index is 236. The fourth-order valence-electron chi connectivity index (χ4n) is 0.540. The van der Waals surface area contributed by atoms with Gasteiger partial charge in [-0.2, -0.15) is 0 Å². The summed E-state index contributed by atoms with van der Waals surface area (Å²) in [5, 5.41) is 8.25. The summed E-state index contributed by atoms with van der Waals surface area (Å²) in [6.07, 6.45) is 2.81. The third kappa shape index (κ3) is 2.21. The molecule has 1 rings (SSSR count). The second-order valence-electron chi connectivity index (χ2n) is 1.69. The van der Waals surface area contributed by atoms with Gasteiger partial charge in [0.25, 0.3) is 0 Å². The minimum atomic E-state index is -0.886. The van der Waals surface area contributed by atoms with E-state index in [1.54, 1.807) is 6.08 Å². The number of aliphatic carboxylic acids is 1. The second kappa shape index (κ2) is 3.40. The molecule has 10 heavy (non-hydrogen) atoms. The summed E-state index contributed by atoms with van der Waals surface area (Å²) >= 11 is 0.353. The van der Waals surface area contributed by atoms with Crippen LogP contribution in [0.1, 0.15) is 4.44 Å². The molecule has 3 heteroatoms. The van der Waals surface area contributed by atoms with Gasteiger partial charge in [0.05, 0.1) is 0 Å². The molecule has 52 valence electrons. The molecule has 0 spiro atoms. The maximum absolute atomic E-state index is 10.0. The van der Waals surface area contributed by atoms with Crippen LogP contribution in [-0.2, 0) is 4.79 Å². The molecule has 1 N–H and O–H groups in total. The summed E-state index contributed by atoms with van der Waals surface area (Å²) in [6.45, 7) is 0. The molecular formula is C7H6O2Se. The van der Waals surface area contributed by atoms with Gasteiger partial charge in [-0.3, -0.25) is 0 Å². The molecule has 2 nitrogen and oxygen atoms in total. The van der Waals surface area contributed by atoms with Gasteiger partial charge in [0.2, 0.25) is 0 Å². The van der Waals surface area contributed by atoms with Crippen LogP contribution in [0.25, 0.3) is 6.08 Å². The molecule has 0 saturated heterocycles. The molecule has 0 atom stereocenters. The van der Waals surface area contributed by atoms with Crippen molar-refractivity contribution in [3.8, 4) is 0 Å². The molecular weight excluding hydrogens is 195 g/mol. The predicted molar refractivity (Wildman–Crippen MR) is 40.1 cm³/mol. The summed E-state index contributed by atoms with van der Waals surface area (Å²) in [7, 11) is 0. The summed E-state index contributed by atoms with van der Waals surface area (Å²) in [6, 6.07) is 3.88. The first kappa shape index (κ1) is 7.32. The van der Waals surface area contributed by atoms with Gasteiger partial charge in [0.15, 0.2) is 0 Å². The number of carboxylic acids is 1. The molecule has 0 bridgehead atoms. The van der Waals surface area contributed by atoms with E-state index in [9.17, 15) is 4.79 Å². The van der Waals surface area contributed by atoms with E-state index in [0.717, 1.165) is 4.44 Å². The van der Waals surface area contributed by atoms with E-state index in [1.807, 2.05) is 12.1 Å². The van der Waals surface area contributed by atoms with Crippen molar-refractivity contribution < 1.29 is 9.90 Å². The Morgan fingerprint density at radius 3 is 3.00 bits per heavy atom. The van der Waals surface area contributed by atoms with Crippen molar-refractivity contribution >= 4 is 26.5 Å². The van der Waals surface area contributed by atoms with Crippen molar-refractivity contribution in [1.82, 2.24) is 0 Å². The predicted octanol–water partition coefficient (Wildman–Crippen LogP) is 0.841. The van der Waals surface area contributed by atoms with Crippen LogP contribution >= 0.6 is 0 Å². The Morgan fingerprint density at radius 1 is 1.70 bits per heavy atom. The van der Waals surface area contributed by atoms with E-state index in [0.29, 0.717) is 14.5 Å². The quantitative estimate of drug-likeness (QED) is 0.568. The van der Waals surface area contributed by atoms with Crippen molar-refractivity contribution in [3.05, 3.63) is 27.6 Å². The monoisotopic (exact) mass is 202 g/mol. The standard InChI is InChI=1S/C7H6O2Se/c8-7(9)4-3-6-2-1-5-10-6/h1-5H,(H,8,9). The molecule has 0 aliphatic carbocycles. The van der Waals surface area contributed by atoms with Crippen molar-refractivity contribution in [2.24, 2.45) is 0 Å². The Balaban J connectivity index is 2.64. The van der Waals surface area contributed by atoms with Crippen molar-refractivity contribution in [1.29, 1.82) is 0 Å². The molecule has 0 unspecified atom stereocenters. The van der Waals surface area contributed by atoms with Gasteiger partial charge in [-0.1, -0.05) is 0 Å². The SMILES string of the molecule is O=C(O)C=Cc1ccc[se]1. The molecule has 1 heterocycles. The zero-order valence-corrected chi connectivity index (χ0v) is 6.86. The number of rotatable bonds is 2. The van der Waals surface area contributed by atoms with Crippen molar-refractivity contribution in [2.45, 2.75) is 0 Å². The van der Waals surface area contributed by atoms with Crippen LogP contribution in [0.3, 0.4) is 0 Å². The topological polar surface area (TPSA) is 37.3 Å². The molecule has 1 aromatic heterocycles. The third-order valence-corrected chi connectivity index (χ3v) is 2.69. The van der Waals surface area contributed by atoms with Crippen LogP contribution in [0.2, 0.25) is 0 Å². The number of hydrogen-bond acceptors (Lipinski definition) is 1. The van der Waals surface area contributed by atoms with Crippen LogP contribution in [0, 0.1) is 0 Å². The molecule has 0 aromatic carbocycles. The molecule has 0 aliphatic heterocycles. The van der Waals surface area contributed by atoms with Crippen LogP contribution < -0.4 is 0 Å². The zero-order valence-electron chi connectivity index (χ0n) is 5.15. The van der Waals surface area contributed by atoms with E-state index in [1.165, 1.54) is 6.08 Å². The van der Waals surface area contributed by atoms with Crippen molar-refractivity contribution in [3.63, 3.8) is 0 Å². The van der Waals surface area contributed by atoms with E-state index in [4.69, 9.17) is 5.11 Å². The van der Waals surface area contributed by atoms with Crippen LogP contribution in [0.15, 0.2) is 23.1 Å². The van der Waals surface area contributed by atoms with Crippen LogP contribution in [0.5, 0.6) is 0 Å². The van der Waals surface area contributed by atoms with Crippen molar-refractivity contribution in [2.75, 3.05) is 0 Å². The van der Waals surface area contributed by atoms with Gasteiger partial charge in [-0.25, -0.2) is 0 Å². The van der Waals surface area contributed by atoms with Gasteiger partial charge in [-0.05, 0) is 0 Å². The average Bonchev–Trinajstić information content (AvgIpc) is 2.34. The average molecular weight is 201 g/mol. The summed E-state index contributed by atoms with van der Waals surface area (Å²) < 4.78 is 1.11. The summed E-state index contributed by atoms with van der Waals surface area (Å²) in [4.78, 5) is 12.1. The Labute approximate surface area is 64.5 Å². The first-order valence-corrected chi connectivity index (χ1v) is 4.58. The number of hydrogen-bond donors (Lipinski definition) is 1. The Morgan fingerprint density at radius 2 is 2.50 bits per heavy atom. The van der Waals surface area contributed by atoms with E-state index in [2.05, 4.69) is 4.94 Å². The molecule has 0 saturated carbocycles.